The van der Waals surface area contributed by atoms with E-state index in [0.717, 1.165) is 18.5 Å². The number of nitrogens with one attached hydrogen (secondary N) is 1. The van der Waals surface area contributed by atoms with Crippen molar-refractivity contribution >= 4 is 11.7 Å². The first-order valence-electron chi connectivity index (χ1n) is 9.65. The predicted molar refractivity (Wildman–Crippen MR) is 109 cm³/mol. The summed E-state index contributed by atoms with van der Waals surface area (Å²) in [5.74, 6) is 1.05. The summed E-state index contributed by atoms with van der Waals surface area (Å²) in [7, 11) is 0. The smallest absolute Gasteiger partial charge is 0.339 e. The number of likely N-dealkylation sites (tertiary alicyclic amines) is 1. The van der Waals surface area contributed by atoms with Crippen LogP contribution < -0.4 is 15.7 Å². The summed E-state index contributed by atoms with van der Waals surface area (Å²) >= 11 is 0. The van der Waals surface area contributed by atoms with Crippen molar-refractivity contribution < 1.29 is 13.9 Å². The van der Waals surface area contributed by atoms with Crippen molar-refractivity contribution in [2.45, 2.75) is 52.1 Å². The Bertz CT molecular complexity index is 873. The van der Waals surface area contributed by atoms with Crippen LogP contribution in [0.3, 0.4) is 0 Å². The fourth-order valence-electron chi connectivity index (χ4n) is 3.27. The predicted octanol–water partition coefficient (Wildman–Crippen LogP) is 4.32. The van der Waals surface area contributed by atoms with Gasteiger partial charge in [-0.3, -0.25) is 0 Å². The van der Waals surface area contributed by atoms with Crippen molar-refractivity contribution in [3.63, 3.8) is 0 Å². The van der Waals surface area contributed by atoms with Crippen LogP contribution in [0.5, 0.6) is 5.75 Å². The number of benzene rings is 1. The first-order valence-corrected chi connectivity index (χ1v) is 9.65. The number of rotatable bonds is 3. The molecule has 2 amide bonds. The van der Waals surface area contributed by atoms with E-state index in [4.69, 9.17) is 9.15 Å². The molecule has 2 aromatic rings. The molecule has 6 heteroatoms. The highest BCUT2D eigenvalue weighted by molar-refractivity contribution is 5.89. The zero-order chi connectivity index (χ0) is 20.3. The van der Waals surface area contributed by atoms with Gasteiger partial charge in [0.1, 0.15) is 17.6 Å². The molecular weight excluding hydrogens is 356 g/mol. The molecule has 2 heterocycles. The molecule has 0 saturated carbocycles. The van der Waals surface area contributed by atoms with Crippen LogP contribution >= 0.6 is 0 Å². The van der Waals surface area contributed by atoms with Crippen LogP contribution in [0.2, 0.25) is 0 Å². The van der Waals surface area contributed by atoms with Crippen LogP contribution in [-0.4, -0.2) is 30.1 Å². The Morgan fingerprint density at radius 2 is 1.79 bits per heavy atom. The molecule has 3 rings (SSSR count). The van der Waals surface area contributed by atoms with Gasteiger partial charge < -0.3 is 19.4 Å². The minimum Gasteiger partial charge on any atom is -0.490 e. The number of piperidine rings is 1. The molecule has 0 bridgehead atoms. The second-order valence-corrected chi connectivity index (χ2v) is 8.28. The normalized spacial score (nSPS) is 15.4. The molecule has 1 aromatic heterocycles. The lowest BCUT2D eigenvalue weighted by Gasteiger charge is -2.32. The number of nitrogens with zero attached hydrogens (tertiary/aromatic N) is 1. The number of carbonyl (C=O) groups excluding carboxylic acids is 1. The summed E-state index contributed by atoms with van der Waals surface area (Å²) < 4.78 is 10.8. The third-order valence-electron chi connectivity index (χ3n) is 4.90. The number of hydrogen-bond donors (Lipinski definition) is 1. The molecule has 1 fully saturated rings. The molecule has 0 atom stereocenters. The second kappa shape index (κ2) is 8.09. The highest BCUT2D eigenvalue weighted by Gasteiger charge is 2.24. The summed E-state index contributed by atoms with van der Waals surface area (Å²) in [6.45, 7) is 9.42. The van der Waals surface area contributed by atoms with Crippen LogP contribution in [0, 0.1) is 6.92 Å². The van der Waals surface area contributed by atoms with Gasteiger partial charge in [0.05, 0.1) is 6.07 Å². The van der Waals surface area contributed by atoms with E-state index < -0.39 is 5.63 Å². The zero-order valence-corrected chi connectivity index (χ0v) is 17.0. The maximum Gasteiger partial charge on any atom is 0.339 e. The van der Waals surface area contributed by atoms with Gasteiger partial charge in [-0.15, -0.1) is 0 Å². The van der Waals surface area contributed by atoms with Gasteiger partial charge in [-0.1, -0.05) is 32.9 Å². The summed E-state index contributed by atoms with van der Waals surface area (Å²) in [6.07, 6.45) is 1.42. The molecular formula is C22H28N2O4. The van der Waals surface area contributed by atoms with Crippen molar-refractivity contribution in [1.82, 2.24) is 4.90 Å². The van der Waals surface area contributed by atoms with Gasteiger partial charge in [-0.2, -0.15) is 0 Å². The highest BCUT2D eigenvalue weighted by atomic mass is 16.5. The maximum absolute atomic E-state index is 12.5. The molecule has 0 radical (unpaired) electrons. The minimum absolute atomic E-state index is 0.0173. The Labute approximate surface area is 165 Å². The highest BCUT2D eigenvalue weighted by Crippen LogP contribution is 2.24. The molecule has 28 heavy (non-hydrogen) atoms. The number of amides is 2. The van der Waals surface area contributed by atoms with Crippen LogP contribution in [0.4, 0.5) is 10.5 Å². The van der Waals surface area contributed by atoms with Gasteiger partial charge >= 0.3 is 11.7 Å². The first-order chi connectivity index (χ1) is 13.2. The standard InChI is InChI=1S/C22H28N2O4/c1-15-13-19(14-20(25)27-15)28-18-9-11-24(12-10-18)21(26)23-17-7-5-16(6-8-17)22(2,3)4/h5-8,13-14,18H,9-12H2,1-4H3,(H,23,26). The number of hydrogen-bond acceptors (Lipinski definition) is 4. The number of carbonyl (C=O) groups is 1. The Hall–Kier alpha value is -2.76. The molecule has 6 nitrogen and oxygen atoms in total. The lowest BCUT2D eigenvalue weighted by molar-refractivity contribution is 0.115. The SMILES string of the molecule is Cc1cc(OC2CCN(C(=O)Nc3ccc(C(C)(C)C)cc3)CC2)cc(=O)o1. The van der Waals surface area contributed by atoms with Crippen LogP contribution in [-0.2, 0) is 5.41 Å². The lowest BCUT2D eigenvalue weighted by Crippen LogP contribution is -2.43. The number of anilines is 1. The first kappa shape index (κ1) is 20.0. The van der Waals surface area contributed by atoms with Crippen molar-refractivity contribution in [3.8, 4) is 5.75 Å². The summed E-state index contributed by atoms with van der Waals surface area (Å²) in [5, 5.41) is 2.96. The minimum atomic E-state index is -0.413. The molecule has 0 spiro atoms. The molecule has 1 aliphatic heterocycles. The maximum atomic E-state index is 12.5. The van der Waals surface area contributed by atoms with Crippen molar-refractivity contribution in [2.24, 2.45) is 0 Å². The number of aryl methyl sites for hydroxylation is 1. The van der Waals surface area contributed by atoms with Gasteiger partial charge in [0.25, 0.3) is 0 Å². The molecule has 1 N–H and O–H groups in total. The average Bonchev–Trinajstić information content (AvgIpc) is 2.61. The van der Waals surface area contributed by atoms with E-state index in [0.29, 0.717) is 24.6 Å². The van der Waals surface area contributed by atoms with Gasteiger partial charge in [0.15, 0.2) is 0 Å². The van der Waals surface area contributed by atoms with E-state index in [1.807, 2.05) is 24.3 Å². The van der Waals surface area contributed by atoms with Crippen molar-refractivity contribution in [3.05, 3.63) is 58.1 Å². The van der Waals surface area contributed by atoms with Gasteiger partial charge in [-0.25, -0.2) is 9.59 Å². The second-order valence-electron chi connectivity index (χ2n) is 8.28. The topological polar surface area (TPSA) is 71.8 Å². The monoisotopic (exact) mass is 384 g/mol. The van der Waals surface area contributed by atoms with E-state index in [-0.39, 0.29) is 17.6 Å². The van der Waals surface area contributed by atoms with Crippen molar-refractivity contribution in [1.29, 1.82) is 0 Å². The average molecular weight is 384 g/mol. The van der Waals surface area contributed by atoms with E-state index >= 15 is 0 Å². The lowest BCUT2D eigenvalue weighted by atomic mass is 9.87. The molecule has 1 saturated heterocycles. The van der Waals surface area contributed by atoms with Gasteiger partial charge in [-0.05, 0) is 30.0 Å². The number of urea groups is 1. The van der Waals surface area contributed by atoms with E-state index in [1.165, 1.54) is 11.6 Å². The Balaban J connectivity index is 1.51. The van der Waals surface area contributed by atoms with Gasteiger partial charge in [0, 0.05) is 37.7 Å². The number of ether oxygens (including phenoxy) is 1. The fourth-order valence-corrected chi connectivity index (χ4v) is 3.27. The van der Waals surface area contributed by atoms with Crippen LogP contribution in [0.1, 0.15) is 44.9 Å². The molecule has 150 valence electrons. The molecule has 0 aliphatic carbocycles. The summed E-state index contributed by atoms with van der Waals surface area (Å²) in [4.78, 5) is 25.8. The van der Waals surface area contributed by atoms with E-state index in [1.54, 1.807) is 17.9 Å². The largest absolute Gasteiger partial charge is 0.490 e. The third kappa shape index (κ3) is 5.15. The fraction of sp³-hybridized carbons (Fsp3) is 0.455. The zero-order valence-electron chi connectivity index (χ0n) is 17.0. The van der Waals surface area contributed by atoms with E-state index in [2.05, 4.69) is 26.1 Å². The molecule has 1 aliphatic rings. The van der Waals surface area contributed by atoms with Crippen LogP contribution in [0.25, 0.3) is 0 Å². The van der Waals surface area contributed by atoms with Crippen LogP contribution in [0.15, 0.2) is 45.6 Å². The summed E-state index contributed by atoms with van der Waals surface area (Å²) in [6, 6.07) is 10.9. The summed E-state index contributed by atoms with van der Waals surface area (Å²) in [5.41, 5.74) is 1.70. The molecule has 1 aromatic carbocycles. The Kier molecular flexibility index (Phi) is 5.77. The Morgan fingerprint density at radius 3 is 2.36 bits per heavy atom. The van der Waals surface area contributed by atoms with E-state index in [9.17, 15) is 9.59 Å². The van der Waals surface area contributed by atoms with Gasteiger partial charge in [0.2, 0.25) is 0 Å². The quantitative estimate of drug-likeness (QED) is 0.855. The van der Waals surface area contributed by atoms with Crippen molar-refractivity contribution in [2.75, 3.05) is 18.4 Å². The molecule has 0 unspecified atom stereocenters. The third-order valence-corrected chi connectivity index (χ3v) is 4.90. The Morgan fingerprint density at radius 1 is 1.14 bits per heavy atom.